The predicted molar refractivity (Wildman–Crippen MR) is 296 cm³/mol. The standard InChI is InChI=1S/C61H109NO10/c1-4-7-10-13-16-19-22-25-27-28-30-33-36-39-42-45-48-54(65)60(69)62-52(53(64)47-44-41-38-35-32-29-24-21-18-15-12-9-6-3)51-70-61-59(58(68)57(67)55(50-63)71-61)72-56(66)49-46-43-40-37-34-31-26-23-20-17-14-11-8-5-2/h8,11,17,20,25-27,31,44,47,52-55,57-59,61,63-65,67-68H,4-7,9-10,12-16,18-19,21-24,28-30,32-43,45-46,48-51H2,1-3H3,(H,62,69)/b11-8+,20-17+,27-25+,31-26+,47-44+. The number of hydrogen-bond donors (Lipinski definition) is 6. The van der Waals surface area contributed by atoms with Crippen molar-refractivity contribution in [2.24, 2.45) is 0 Å². The molecule has 0 radical (unpaired) electrons. The number of ether oxygens (including phenoxy) is 3. The van der Waals surface area contributed by atoms with E-state index in [0.717, 1.165) is 96.3 Å². The summed E-state index contributed by atoms with van der Waals surface area (Å²) in [5, 5.41) is 56.9. The predicted octanol–water partition coefficient (Wildman–Crippen LogP) is 13.4. The Labute approximate surface area is 439 Å². The van der Waals surface area contributed by atoms with Gasteiger partial charge in [0, 0.05) is 6.42 Å². The fourth-order valence-corrected chi connectivity index (χ4v) is 8.95. The molecule has 1 saturated heterocycles. The van der Waals surface area contributed by atoms with Gasteiger partial charge in [-0.1, -0.05) is 223 Å². The topological polar surface area (TPSA) is 175 Å². The first-order valence-electron chi connectivity index (χ1n) is 29.6. The molecule has 1 aliphatic rings. The summed E-state index contributed by atoms with van der Waals surface area (Å²) in [6.45, 7) is 5.65. The van der Waals surface area contributed by atoms with Crippen LogP contribution in [0.25, 0.3) is 0 Å². The zero-order valence-electron chi connectivity index (χ0n) is 46.0. The molecule has 0 aliphatic carbocycles. The lowest BCUT2D eigenvalue weighted by Crippen LogP contribution is -2.61. The first-order chi connectivity index (χ1) is 35.2. The van der Waals surface area contributed by atoms with Crippen LogP contribution < -0.4 is 5.32 Å². The lowest BCUT2D eigenvalue weighted by atomic mass is 9.99. The van der Waals surface area contributed by atoms with Crippen LogP contribution in [0.1, 0.15) is 252 Å². The third-order valence-electron chi connectivity index (χ3n) is 13.7. The van der Waals surface area contributed by atoms with Gasteiger partial charge in [0.1, 0.15) is 24.4 Å². The minimum atomic E-state index is -1.62. The van der Waals surface area contributed by atoms with E-state index in [4.69, 9.17) is 14.2 Å². The number of carbonyl (C=O) groups excluding carboxylic acids is 2. The van der Waals surface area contributed by atoms with Gasteiger partial charge in [-0.05, 0) is 83.5 Å². The molecule has 0 saturated carbocycles. The van der Waals surface area contributed by atoms with Crippen LogP contribution in [-0.4, -0.2) is 99.6 Å². The van der Waals surface area contributed by atoms with Gasteiger partial charge in [0.2, 0.25) is 5.91 Å². The third-order valence-corrected chi connectivity index (χ3v) is 13.7. The van der Waals surface area contributed by atoms with Crippen LogP contribution in [0.5, 0.6) is 0 Å². The van der Waals surface area contributed by atoms with Gasteiger partial charge in [-0.25, -0.2) is 0 Å². The van der Waals surface area contributed by atoms with E-state index in [0.29, 0.717) is 12.8 Å². The van der Waals surface area contributed by atoms with E-state index in [1.165, 1.54) is 109 Å². The van der Waals surface area contributed by atoms with Crippen LogP contribution in [0.2, 0.25) is 0 Å². The molecule has 0 aromatic carbocycles. The van der Waals surface area contributed by atoms with Crippen molar-refractivity contribution in [2.45, 2.75) is 301 Å². The van der Waals surface area contributed by atoms with Crippen LogP contribution >= 0.6 is 0 Å². The number of allylic oxidation sites excluding steroid dienone is 9. The van der Waals surface area contributed by atoms with Crippen LogP contribution in [0.4, 0.5) is 0 Å². The van der Waals surface area contributed by atoms with E-state index in [9.17, 15) is 35.1 Å². The molecule has 1 fully saturated rings. The van der Waals surface area contributed by atoms with Crippen molar-refractivity contribution >= 4 is 11.9 Å². The molecule has 418 valence electrons. The average molecular weight is 1020 g/mol. The summed E-state index contributed by atoms with van der Waals surface area (Å²) in [5.41, 5.74) is 0. The summed E-state index contributed by atoms with van der Waals surface area (Å²) in [7, 11) is 0. The second-order valence-electron chi connectivity index (χ2n) is 20.3. The number of nitrogens with one attached hydrogen (secondary N) is 1. The van der Waals surface area contributed by atoms with Gasteiger partial charge < -0.3 is 45.1 Å². The van der Waals surface area contributed by atoms with Gasteiger partial charge in [-0.2, -0.15) is 0 Å². The van der Waals surface area contributed by atoms with Crippen molar-refractivity contribution in [1.29, 1.82) is 0 Å². The van der Waals surface area contributed by atoms with Gasteiger partial charge in [-0.3, -0.25) is 9.59 Å². The maximum Gasteiger partial charge on any atom is 0.306 e. The lowest BCUT2D eigenvalue weighted by molar-refractivity contribution is -0.305. The first-order valence-corrected chi connectivity index (χ1v) is 29.6. The summed E-state index contributed by atoms with van der Waals surface area (Å²) in [6.07, 6.45) is 49.7. The van der Waals surface area contributed by atoms with Crippen molar-refractivity contribution in [3.05, 3.63) is 60.8 Å². The van der Waals surface area contributed by atoms with Crippen molar-refractivity contribution in [2.75, 3.05) is 13.2 Å². The van der Waals surface area contributed by atoms with E-state index in [1.54, 1.807) is 6.08 Å². The van der Waals surface area contributed by atoms with E-state index in [1.807, 2.05) is 6.08 Å². The SMILES string of the molecule is CC/C=C/C/C=C/C/C=C/CCCCCCC(=O)OC1C(OCC(NC(=O)C(O)CCCCCCCC/C=C/CCCCCCCC)C(O)/C=C/CCCCCCCCCCCCC)OC(CO)C(O)C1O. The molecule has 1 amide bonds. The molecule has 11 heteroatoms. The Morgan fingerprint density at radius 3 is 1.51 bits per heavy atom. The maximum atomic E-state index is 13.4. The summed E-state index contributed by atoms with van der Waals surface area (Å²) >= 11 is 0. The van der Waals surface area contributed by atoms with Crippen molar-refractivity contribution in [1.82, 2.24) is 5.32 Å². The summed E-state index contributed by atoms with van der Waals surface area (Å²) in [5.74, 6) is -1.22. The van der Waals surface area contributed by atoms with Crippen LogP contribution in [0, 0.1) is 0 Å². The zero-order chi connectivity index (χ0) is 52.5. The molecule has 11 nitrogen and oxygen atoms in total. The highest BCUT2D eigenvalue weighted by molar-refractivity contribution is 5.80. The normalized spacial score (nSPS) is 19.9. The van der Waals surface area contributed by atoms with E-state index >= 15 is 0 Å². The molecule has 1 rings (SSSR count). The largest absolute Gasteiger partial charge is 0.454 e. The molecule has 0 spiro atoms. The minimum Gasteiger partial charge on any atom is -0.454 e. The van der Waals surface area contributed by atoms with E-state index < -0.39 is 67.4 Å². The molecule has 6 N–H and O–H groups in total. The minimum absolute atomic E-state index is 0.0960. The smallest absolute Gasteiger partial charge is 0.306 e. The monoisotopic (exact) mass is 1020 g/mol. The Kier molecular flexibility index (Phi) is 46.1. The molecule has 8 atom stereocenters. The summed E-state index contributed by atoms with van der Waals surface area (Å²) < 4.78 is 17.6. The highest BCUT2D eigenvalue weighted by Crippen LogP contribution is 2.26. The Balaban J connectivity index is 2.74. The van der Waals surface area contributed by atoms with E-state index in [2.05, 4.69) is 74.7 Å². The maximum absolute atomic E-state index is 13.4. The molecule has 8 unspecified atom stereocenters. The highest BCUT2D eigenvalue weighted by atomic mass is 16.7. The number of aliphatic hydroxyl groups is 5. The van der Waals surface area contributed by atoms with Crippen molar-refractivity contribution in [3.8, 4) is 0 Å². The average Bonchev–Trinajstić information content (AvgIpc) is 3.38. The number of hydrogen-bond acceptors (Lipinski definition) is 10. The highest BCUT2D eigenvalue weighted by Gasteiger charge is 2.47. The molecule has 1 heterocycles. The Morgan fingerprint density at radius 2 is 1.00 bits per heavy atom. The van der Waals surface area contributed by atoms with Gasteiger partial charge >= 0.3 is 5.97 Å². The van der Waals surface area contributed by atoms with Gasteiger partial charge in [0.15, 0.2) is 12.4 Å². The fourth-order valence-electron chi connectivity index (χ4n) is 8.95. The molecule has 0 aromatic heterocycles. The number of amides is 1. The quantitative estimate of drug-likeness (QED) is 0.0195. The first kappa shape index (κ1) is 67.4. The number of rotatable bonds is 49. The second kappa shape index (κ2) is 49.2. The Hall–Kier alpha value is -2.64. The Morgan fingerprint density at radius 1 is 0.556 bits per heavy atom. The van der Waals surface area contributed by atoms with Crippen LogP contribution in [0.15, 0.2) is 60.8 Å². The molecule has 0 aromatic rings. The van der Waals surface area contributed by atoms with Gasteiger partial charge in [-0.15, -0.1) is 0 Å². The second-order valence-corrected chi connectivity index (χ2v) is 20.3. The van der Waals surface area contributed by atoms with Crippen molar-refractivity contribution < 1.29 is 49.3 Å². The van der Waals surface area contributed by atoms with Crippen molar-refractivity contribution in [3.63, 3.8) is 0 Å². The van der Waals surface area contributed by atoms with E-state index in [-0.39, 0.29) is 19.4 Å². The summed E-state index contributed by atoms with van der Waals surface area (Å²) in [4.78, 5) is 26.5. The third kappa shape index (κ3) is 37.1. The molecular formula is C61H109NO10. The van der Waals surface area contributed by atoms with Crippen LogP contribution in [0.3, 0.4) is 0 Å². The van der Waals surface area contributed by atoms with Gasteiger partial charge in [0.25, 0.3) is 0 Å². The lowest BCUT2D eigenvalue weighted by Gasteiger charge is -2.41. The fraction of sp³-hybridized carbons (Fsp3) is 0.803. The molecular weight excluding hydrogens is 907 g/mol. The zero-order valence-corrected chi connectivity index (χ0v) is 46.0. The summed E-state index contributed by atoms with van der Waals surface area (Å²) in [6, 6.07) is -1.03. The molecule has 72 heavy (non-hydrogen) atoms. The molecule has 1 aliphatic heterocycles. The van der Waals surface area contributed by atoms with Gasteiger partial charge in [0.05, 0.1) is 25.4 Å². The number of aliphatic hydroxyl groups excluding tert-OH is 5. The Bertz CT molecular complexity index is 1400. The molecule has 0 bridgehead atoms. The number of unbranched alkanes of at least 4 members (excludes halogenated alkanes) is 27. The van der Waals surface area contributed by atoms with Crippen LogP contribution in [-0.2, 0) is 23.8 Å². The number of carbonyl (C=O) groups is 2. The number of esters is 1.